The number of thioether (sulfide) groups is 1. The second-order valence-corrected chi connectivity index (χ2v) is 12.6. The summed E-state index contributed by atoms with van der Waals surface area (Å²) in [5.74, 6) is -1.38. The molecule has 2 N–H and O–H groups in total. The van der Waals surface area contributed by atoms with E-state index in [2.05, 4.69) is 20.9 Å². The van der Waals surface area contributed by atoms with Crippen LogP contribution in [0.5, 0.6) is 0 Å². The Morgan fingerprint density at radius 3 is 2.18 bits per heavy atom. The zero-order valence-electron chi connectivity index (χ0n) is 22.4. The molecule has 0 aliphatic rings. The van der Waals surface area contributed by atoms with Crippen LogP contribution in [0.1, 0.15) is 33.3 Å². The summed E-state index contributed by atoms with van der Waals surface area (Å²) in [4.78, 5) is 35.8. The monoisotopic (exact) mass is 578 g/mol. The van der Waals surface area contributed by atoms with Crippen LogP contribution in [0.3, 0.4) is 0 Å². The third-order valence-electron chi connectivity index (χ3n) is 4.68. The lowest BCUT2D eigenvalue weighted by atomic mass is 10.2. The SMILES string of the molecule is CC(=O)NCSCC(NC(=O)OC(C)(C)C)C(=O)OCCS(=O)(=O)Cc1ccc(N=Nc2ccccc2)cc1. The third kappa shape index (κ3) is 13.8. The number of carbonyl (C=O) groups is 3. The molecule has 2 rings (SSSR count). The number of nitrogens with one attached hydrogen (secondary N) is 2. The van der Waals surface area contributed by atoms with E-state index < -0.39 is 39.3 Å². The molecule has 0 aliphatic heterocycles. The fourth-order valence-corrected chi connectivity index (χ4v) is 4.97. The molecule has 2 amide bonds. The van der Waals surface area contributed by atoms with E-state index >= 15 is 0 Å². The molecule has 1 atom stereocenters. The molecule has 0 saturated heterocycles. The van der Waals surface area contributed by atoms with Crippen LogP contribution in [0.15, 0.2) is 64.8 Å². The van der Waals surface area contributed by atoms with Gasteiger partial charge < -0.3 is 20.1 Å². The molecule has 0 saturated carbocycles. The van der Waals surface area contributed by atoms with Crippen molar-refractivity contribution >= 4 is 50.9 Å². The summed E-state index contributed by atoms with van der Waals surface area (Å²) in [6, 6.07) is 14.8. The van der Waals surface area contributed by atoms with Gasteiger partial charge in [0.1, 0.15) is 18.2 Å². The molecule has 0 aromatic heterocycles. The van der Waals surface area contributed by atoms with Crippen molar-refractivity contribution in [2.24, 2.45) is 10.2 Å². The van der Waals surface area contributed by atoms with E-state index in [1.165, 1.54) is 18.7 Å². The lowest BCUT2D eigenvalue weighted by Gasteiger charge is -2.23. The van der Waals surface area contributed by atoms with Crippen LogP contribution in [0, 0.1) is 0 Å². The highest BCUT2D eigenvalue weighted by molar-refractivity contribution is 7.99. The summed E-state index contributed by atoms with van der Waals surface area (Å²) < 4.78 is 35.5. The van der Waals surface area contributed by atoms with Crippen molar-refractivity contribution < 1.29 is 32.3 Å². The number of hydrogen-bond donors (Lipinski definition) is 2. The van der Waals surface area contributed by atoms with E-state index in [1.807, 2.05) is 30.3 Å². The fourth-order valence-electron chi connectivity index (χ4n) is 2.91. The number of rotatable bonds is 13. The first-order valence-corrected chi connectivity index (χ1v) is 15.0. The van der Waals surface area contributed by atoms with Crippen LogP contribution in [0.4, 0.5) is 16.2 Å². The first kappa shape index (κ1) is 31.8. The molecule has 39 heavy (non-hydrogen) atoms. The quantitative estimate of drug-likeness (QED) is 0.155. The number of hydrogen-bond acceptors (Lipinski definition) is 10. The Morgan fingerprint density at radius 1 is 0.974 bits per heavy atom. The molecule has 2 aromatic rings. The van der Waals surface area contributed by atoms with Gasteiger partial charge in [0, 0.05) is 12.7 Å². The maximum absolute atomic E-state index is 12.6. The molecule has 0 bridgehead atoms. The Balaban J connectivity index is 1.88. The van der Waals surface area contributed by atoms with E-state index in [0.717, 1.165) is 0 Å². The fraction of sp³-hybridized carbons (Fsp3) is 0.423. The number of esters is 1. The zero-order valence-corrected chi connectivity index (χ0v) is 24.0. The molecule has 2 aromatic carbocycles. The van der Waals surface area contributed by atoms with Crippen molar-refractivity contribution in [3.05, 3.63) is 60.2 Å². The predicted octanol–water partition coefficient (Wildman–Crippen LogP) is 4.28. The minimum Gasteiger partial charge on any atom is -0.463 e. The van der Waals surface area contributed by atoms with Crippen molar-refractivity contribution in [1.82, 2.24) is 10.6 Å². The number of sulfone groups is 1. The zero-order chi connectivity index (χ0) is 28.9. The third-order valence-corrected chi connectivity index (χ3v) is 7.16. The molecule has 13 heteroatoms. The molecule has 212 valence electrons. The van der Waals surface area contributed by atoms with E-state index in [0.29, 0.717) is 16.9 Å². The van der Waals surface area contributed by atoms with E-state index in [9.17, 15) is 22.8 Å². The second-order valence-electron chi connectivity index (χ2n) is 9.41. The molecule has 0 aliphatic carbocycles. The Labute approximate surface area is 233 Å². The molecular formula is C26H34N4O7S2. The van der Waals surface area contributed by atoms with Crippen molar-refractivity contribution in [3.63, 3.8) is 0 Å². The maximum Gasteiger partial charge on any atom is 0.408 e. The minimum atomic E-state index is -3.60. The lowest BCUT2D eigenvalue weighted by molar-refractivity contribution is -0.144. The van der Waals surface area contributed by atoms with Gasteiger partial charge in [0.2, 0.25) is 5.91 Å². The Bertz CT molecular complexity index is 1230. The van der Waals surface area contributed by atoms with E-state index in [4.69, 9.17) is 9.47 Å². The van der Waals surface area contributed by atoms with Crippen molar-refractivity contribution in [2.45, 2.75) is 45.1 Å². The number of carbonyl (C=O) groups excluding carboxylic acids is 3. The normalized spacial score (nSPS) is 12.5. The van der Waals surface area contributed by atoms with Gasteiger partial charge >= 0.3 is 12.1 Å². The maximum atomic E-state index is 12.6. The minimum absolute atomic E-state index is 0.0824. The molecule has 0 spiro atoms. The summed E-state index contributed by atoms with van der Waals surface area (Å²) >= 11 is 1.19. The van der Waals surface area contributed by atoms with Crippen LogP contribution in [0.25, 0.3) is 0 Å². The molecule has 0 fully saturated rings. The van der Waals surface area contributed by atoms with Gasteiger partial charge in [-0.05, 0) is 50.6 Å². The highest BCUT2D eigenvalue weighted by Crippen LogP contribution is 2.19. The smallest absolute Gasteiger partial charge is 0.408 e. The molecule has 11 nitrogen and oxygen atoms in total. The molecule has 1 unspecified atom stereocenters. The van der Waals surface area contributed by atoms with Crippen LogP contribution in [-0.2, 0) is 34.7 Å². The average molecular weight is 579 g/mol. The highest BCUT2D eigenvalue weighted by Gasteiger charge is 2.26. The number of benzene rings is 2. The lowest BCUT2D eigenvalue weighted by Crippen LogP contribution is -2.46. The van der Waals surface area contributed by atoms with Gasteiger partial charge in [-0.3, -0.25) is 4.79 Å². The van der Waals surface area contributed by atoms with E-state index in [-0.39, 0.29) is 29.9 Å². The number of azo groups is 1. The molecule has 0 radical (unpaired) electrons. The van der Waals surface area contributed by atoms with Crippen molar-refractivity contribution in [1.29, 1.82) is 0 Å². The van der Waals surface area contributed by atoms with Gasteiger partial charge in [-0.1, -0.05) is 30.3 Å². The van der Waals surface area contributed by atoms with Crippen LogP contribution in [-0.4, -0.2) is 62.0 Å². The van der Waals surface area contributed by atoms with Gasteiger partial charge in [-0.15, -0.1) is 11.8 Å². The summed E-state index contributed by atoms with van der Waals surface area (Å²) in [6.07, 6.45) is -0.816. The average Bonchev–Trinajstić information content (AvgIpc) is 2.84. The van der Waals surface area contributed by atoms with Gasteiger partial charge in [-0.25, -0.2) is 18.0 Å². The van der Waals surface area contributed by atoms with Gasteiger partial charge in [0.15, 0.2) is 9.84 Å². The standard InChI is InChI=1S/C26H34N4O7S2/c1-19(31)27-18-38-16-23(28-25(33)37-26(2,3)4)24(32)36-14-15-39(34,35)17-20-10-12-22(13-11-20)30-29-21-8-6-5-7-9-21/h5-13,23H,14-18H2,1-4H3,(H,27,31)(H,28,33). The number of ether oxygens (including phenoxy) is 2. The van der Waals surface area contributed by atoms with Gasteiger partial charge in [0.05, 0.1) is 28.8 Å². The second kappa shape index (κ2) is 15.2. The van der Waals surface area contributed by atoms with Gasteiger partial charge in [0.25, 0.3) is 0 Å². The number of nitrogens with zero attached hydrogens (tertiary/aromatic N) is 2. The summed E-state index contributed by atoms with van der Waals surface area (Å²) in [6.45, 7) is 6.01. The van der Waals surface area contributed by atoms with Crippen LogP contribution in [0.2, 0.25) is 0 Å². The first-order valence-electron chi connectivity index (χ1n) is 12.1. The van der Waals surface area contributed by atoms with Crippen LogP contribution >= 0.6 is 11.8 Å². The number of amides is 2. The van der Waals surface area contributed by atoms with Gasteiger partial charge in [-0.2, -0.15) is 10.2 Å². The highest BCUT2D eigenvalue weighted by atomic mass is 32.2. The Hall–Kier alpha value is -3.45. The van der Waals surface area contributed by atoms with Crippen molar-refractivity contribution in [3.8, 4) is 0 Å². The molecule has 0 heterocycles. The molecular weight excluding hydrogens is 544 g/mol. The summed E-state index contributed by atoms with van der Waals surface area (Å²) in [5.41, 5.74) is 1.06. The van der Waals surface area contributed by atoms with Crippen LogP contribution < -0.4 is 10.6 Å². The number of alkyl carbamates (subject to hydrolysis) is 1. The largest absolute Gasteiger partial charge is 0.463 e. The van der Waals surface area contributed by atoms with E-state index in [1.54, 1.807) is 45.0 Å². The predicted molar refractivity (Wildman–Crippen MR) is 150 cm³/mol. The van der Waals surface area contributed by atoms with Crippen molar-refractivity contribution in [2.75, 3.05) is 24.0 Å². The Morgan fingerprint density at radius 2 is 1.59 bits per heavy atom. The topological polar surface area (TPSA) is 153 Å². The summed E-state index contributed by atoms with van der Waals surface area (Å²) in [5, 5.41) is 13.3. The first-order chi connectivity index (χ1) is 18.3. The summed E-state index contributed by atoms with van der Waals surface area (Å²) in [7, 11) is -3.60. The Kier molecular flexibility index (Phi) is 12.4.